The molecule has 1 aromatic carbocycles. The van der Waals surface area contributed by atoms with E-state index in [4.69, 9.17) is 4.74 Å². The van der Waals surface area contributed by atoms with E-state index in [0.717, 1.165) is 12.5 Å². The zero-order valence-corrected chi connectivity index (χ0v) is 15.7. The third-order valence-electron chi connectivity index (χ3n) is 4.83. The number of hydrogen-bond acceptors (Lipinski definition) is 5. The fourth-order valence-corrected chi connectivity index (χ4v) is 3.68. The van der Waals surface area contributed by atoms with Gasteiger partial charge in [-0.1, -0.05) is 6.92 Å². The summed E-state index contributed by atoms with van der Waals surface area (Å²) in [7, 11) is 1.44. The third-order valence-corrected chi connectivity index (χ3v) is 4.83. The molecule has 1 aliphatic heterocycles. The largest absolute Gasteiger partial charge is 0.492 e. The van der Waals surface area contributed by atoms with Gasteiger partial charge in [0.15, 0.2) is 11.6 Å². The van der Waals surface area contributed by atoms with Gasteiger partial charge in [-0.15, -0.1) is 0 Å². The number of methoxy groups -OCH3 is 1. The van der Waals surface area contributed by atoms with Crippen molar-refractivity contribution in [3.63, 3.8) is 0 Å². The molecule has 2 aromatic rings. The van der Waals surface area contributed by atoms with Crippen molar-refractivity contribution in [2.24, 2.45) is 0 Å². The van der Waals surface area contributed by atoms with Crippen molar-refractivity contribution in [1.29, 1.82) is 0 Å². The predicted octanol–water partition coefficient (Wildman–Crippen LogP) is 2.06. The fraction of sp³-hybridized carbons (Fsp3) is 0.474. The highest BCUT2D eigenvalue weighted by atomic mass is 19.1. The Morgan fingerprint density at radius 3 is 2.81 bits per heavy atom. The number of aromatic nitrogens is 1. The lowest BCUT2D eigenvalue weighted by atomic mass is 10.1. The Labute approximate surface area is 156 Å². The van der Waals surface area contributed by atoms with Gasteiger partial charge in [-0.05, 0) is 19.4 Å². The molecule has 0 bridgehead atoms. The Hall–Kier alpha value is -2.61. The number of fused-ring (bicyclic) bond motifs is 1. The van der Waals surface area contributed by atoms with Gasteiger partial charge < -0.3 is 24.6 Å². The van der Waals surface area contributed by atoms with Crippen molar-refractivity contribution < 1.29 is 19.0 Å². The monoisotopic (exact) mass is 377 g/mol. The van der Waals surface area contributed by atoms with Crippen LogP contribution in [-0.4, -0.2) is 48.4 Å². The molecule has 2 N–H and O–H groups in total. The van der Waals surface area contributed by atoms with Crippen molar-refractivity contribution in [1.82, 2.24) is 9.88 Å². The number of aryl methyl sites for hydroxylation is 1. The molecule has 0 saturated carbocycles. The summed E-state index contributed by atoms with van der Waals surface area (Å²) in [5.74, 6) is -1.65. The van der Waals surface area contributed by atoms with Crippen molar-refractivity contribution >= 4 is 22.6 Å². The van der Waals surface area contributed by atoms with Crippen molar-refractivity contribution in [3.05, 3.63) is 33.9 Å². The fourth-order valence-electron chi connectivity index (χ4n) is 3.68. The van der Waals surface area contributed by atoms with Gasteiger partial charge in [-0.2, -0.15) is 0 Å². The molecular weight excluding hydrogens is 353 g/mol. The van der Waals surface area contributed by atoms with Gasteiger partial charge in [-0.25, -0.2) is 9.18 Å². The Morgan fingerprint density at radius 2 is 2.22 bits per heavy atom. The van der Waals surface area contributed by atoms with Crippen molar-refractivity contribution in [2.45, 2.75) is 32.9 Å². The lowest BCUT2D eigenvalue weighted by Gasteiger charge is -2.35. The number of nitrogens with zero attached hydrogens (tertiary/aromatic N) is 2. The number of carboxylic acid groups (broad SMARTS) is 1. The van der Waals surface area contributed by atoms with Crippen LogP contribution in [0.4, 0.5) is 10.1 Å². The first kappa shape index (κ1) is 19.2. The summed E-state index contributed by atoms with van der Waals surface area (Å²) >= 11 is 0. The second-order valence-electron chi connectivity index (χ2n) is 6.81. The molecule has 1 fully saturated rings. The highest BCUT2D eigenvalue weighted by molar-refractivity contribution is 5.97. The van der Waals surface area contributed by atoms with Crippen LogP contribution in [0.5, 0.6) is 5.75 Å². The molecule has 146 valence electrons. The molecule has 3 rings (SSSR count). The lowest BCUT2D eigenvalue weighted by molar-refractivity contribution is 0.0694. The third kappa shape index (κ3) is 3.37. The number of benzene rings is 1. The Bertz CT molecular complexity index is 941. The SMILES string of the molecule is CCCn1cc(C(=O)O)c(=O)c2cc(F)c(N3CCNC(C)C3)c(OC)c21. The average molecular weight is 377 g/mol. The average Bonchev–Trinajstić information content (AvgIpc) is 2.62. The van der Waals surface area contributed by atoms with E-state index in [9.17, 15) is 14.7 Å². The highest BCUT2D eigenvalue weighted by Crippen LogP contribution is 2.38. The molecule has 7 nitrogen and oxygen atoms in total. The molecule has 0 aliphatic carbocycles. The van der Waals surface area contributed by atoms with Gasteiger partial charge in [0.25, 0.3) is 0 Å². The Kier molecular flexibility index (Phi) is 5.36. The quantitative estimate of drug-likeness (QED) is 0.830. The maximum atomic E-state index is 15.1. The van der Waals surface area contributed by atoms with E-state index in [0.29, 0.717) is 37.4 Å². The van der Waals surface area contributed by atoms with Gasteiger partial charge in [0.2, 0.25) is 5.43 Å². The van der Waals surface area contributed by atoms with Gasteiger partial charge in [0.05, 0.1) is 18.0 Å². The molecule has 2 heterocycles. The number of carbonyl (C=O) groups is 1. The molecule has 0 spiro atoms. The first-order valence-corrected chi connectivity index (χ1v) is 9.04. The normalized spacial score (nSPS) is 17.3. The smallest absolute Gasteiger partial charge is 0.341 e. The summed E-state index contributed by atoms with van der Waals surface area (Å²) in [5, 5.41) is 12.7. The standard InChI is InChI=1S/C19H24FN3O4/c1-4-6-22-10-13(19(25)26)17(24)12-8-14(20)16(18(27-3)15(12)22)23-7-5-21-11(2)9-23/h8,10-11,21H,4-7,9H2,1-3H3,(H,25,26). The molecule has 1 atom stereocenters. The summed E-state index contributed by atoms with van der Waals surface area (Å²) < 4.78 is 22.3. The van der Waals surface area contributed by atoms with Crippen LogP contribution in [-0.2, 0) is 6.54 Å². The van der Waals surface area contributed by atoms with Crippen LogP contribution in [0.25, 0.3) is 10.9 Å². The molecule has 8 heteroatoms. The van der Waals surface area contributed by atoms with E-state index in [1.807, 2.05) is 18.7 Å². The van der Waals surface area contributed by atoms with Crippen LogP contribution in [0.15, 0.2) is 17.1 Å². The van der Waals surface area contributed by atoms with E-state index in [1.54, 1.807) is 4.57 Å². The van der Waals surface area contributed by atoms with Crippen LogP contribution >= 0.6 is 0 Å². The van der Waals surface area contributed by atoms with Gasteiger partial charge in [0.1, 0.15) is 11.3 Å². The van der Waals surface area contributed by atoms with Crippen LogP contribution in [0.1, 0.15) is 30.6 Å². The van der Waals surface area contributed by atoms with Gasteiger partial charge in [-0.3, -0.25) is 4.79 Å². The first-order chi connectivity index (χ1) is 12.9. The molecule has 1 unspecified atom stereocenters. The minimum absolute atomic E-state index is 0.0182. The number of rotatable bonds is 5. The molecule has 1 aromatic heterocycles. The number of piperazine rings is 1. The number of nitrogens with one attached hydrogen (secondary N) is 1. The molecule has 0 amide bonds. The first-order valence-electron chi connectivity index (χ1n) is 9.04. The van der Waals surface area contributed by atoms with Crippen LogP contribution < -0.4 is 20.4 Å². The van der Waals surface area contributed by atoms with E-state index in [1.165, 1.54) is 13.3 Å². The molecular formula is C19H24FN3O4. The van der Waals surface area contributed by atoms with Crippen LogP contribution in [0, 0.1) is 5.82 Å². The van der Waals surface area contributed by atoms with Crippen molar-refractivity contribution in [3.8, 4) is 5.75 Å². The van der Waals surface area contributed by atoms with Crippen LogP contribution in [0.3, 0.4) is 0 Å². The number of hydrogen-bond donors (Lipinski definition) is 2. The molecule has 1 aliphatic rings. The maximum absolute atomic E-state index is 15.1. The summed E-state index contributed by atoms with van der Waals surface area (Å²) in [6, 6.07) is 1.33. The number of aromatic carboxylic acids is 1. The number of anilines is 1. The van der Waals surface area contributed by atoms with Crippen molar-refractivity contribution in [2.75, 3.05) is 31.6 Å². The summed E-state index contributed by atoms with van der Waals surface area (Å²) in [5.41, 5.74) is -0.342. The Morgan fingerprint density at radius 1 is 1.48 bits per heavy atom. The van der Waals surface area contributed by atoms with Crippen LogP contribution in [0.2, 0.25) is 0 Å². The Balaban J connectivity index is 2.35. The number of pyridine rings is 1. The van der Waals surface area contributed by atoms with E-state index >= 15 is 4.39 Å². The highest BCUT2D eigenvalue weighted by Gasteiger charge is 2.27. The second kappa shape index (κ2) is 7.56. The minimum Gasteiger partial charge on any atom is -0.492 e. The van der Waals surface area contributed by atoms with Gasteiger partial charge >= 0.3 is 5.97 Å². The summed E-state index contributed by atoms with van der Waals surface area (Å²) in [6.45, 7) is 6.36. The van der Waals surface area contributed by atoms with E-state index in [2.05, 4.69) is 5.32 Å². The lowest BCUT2D eigenvalue weighted by Crippen LogP contribution is -2.49. The zero-order chi connectivity index (χ0) is 19.7. The molecule has 27 heavy (non-hydrogen) atoms. The summed E-state index contributed by atoms with van der Waals surface area (Å²) in [6.07, 6.45) is 2.04. The predicted molar refractivity (Wildman–Crippen MR) is 102 cm³/mol. The topological polar surface area (TPSA) is 83.8 Å². The van der Waals surface area contributed by atoms with E-state index in [-0.39, 0.29) is 22.7 Å². The minimum atomic E-state index is -1.33. The molecule has 1 saturated heterocycles. The van der Waals surface area contributed by atoms with Gasteiger partial charge in [0, 0.05) is 38.4 Å². The number of carboxylic acids is 1. The summed E-state index contributed by atoms with van der Waals surface area (Å²) in [4.78, 5) is 26.0. The maximum Gasteiger partial charge on any atom is 0.341 e. The number of ether oxygens (including phenoxy) is 1. The van der Waals surface area contributed by atoms with E-state index < -0.39 is 17.2 Å². The molecule has 0 radical (unpaired) electrons. The number of halogens is 1. The second-order valence-corrected chi connectivity index (χ2v) is 6.81. The zero-order valence-electron chi connectivity index (χ0n) is 15.7.